The smallest absolute Gasteiger partial charge is 0.162 e. The highest BCUT2D eigenvalue weighted by Gasteiger charge is 2.17. The Morgan fingerprint density at radius 2 is 1.16 bits per heavy atom. The van der Waals surface area contributed by atoms with Crippen LogP contribution >= 0.6 is 0 Å². The van der Waals surface area contributed by atoms with E-state index in [1.165, 1.54) is 0 Å². The van der Waals surface area contributed by atoms with Gasteiger partial charge in [0.1, 0.15) is 0 Å². The SMILES string of the molecule is CN1CCN(CCCC(=O)c2ccc3c(c2)[nH]c2ccc(C(=O)CCCN4CCN(C)CC4)cc23)CC1. The number of piperazine rings is 2. The lowest BCUT2D eigenvalue weighted by Gasteiger charge is -2.32. The van der Waals surface area contributed by atoms with Crippen LogP contribution in [0.25, 0.3) is 21.8 Å². The van der Waals surface area contributed by atoms with E-state index in [-0.39, 0.29) is 11.6 Å². The number of benzene rings is 2. The van der Waals surface area contributed by atoms with Crippen molar-refractivity contribution in [2.45, 2.75) is 25.7 Å². The number of nitrogens with one attached hydrogen (secondary N) is 1. The summed E-state index contributed by atoms with van der Waals surface area (Å²) in [4.78, 5) is 38.9. The standard InChI is InChI=1S/C30H41N5O2/c1-32-13-17-34(18-14-32)11-3-5-29(36)23-8-10-27-26(21-23)25-9-7-24(22-28(25)31-27)30(37)6-4-12-35-19-15-33(2)16-20-35/h7-10,21-22,31H,3-6,11-20H2,1-2H3. The van der Waals surface area contributed by atoms with Crippen LogP contribution in [0.2, 0.25) is 0 Å². The van der Waals surface area contributed by atoms with E-state index in [0.717, 1.165) is 111 Å². The molecule has 1 N–H and O–H groups in total. The van der Waals surface area contributed by atoms with E-state index in [0.29, 0.717) is 12.8 Å². The fourth-order valence-corrected chi connectivity index (χ4v) is 5.61. The van der Waals surface area contributed by atoms with Crippen LogP contribution in [0.3, 0.4) is 0 Å². The maximum atomic E-state index is 12.9. The summed E-state index contributed by atoms with van der Waals surface area (Å²) in [6.45, 7) is 10.8. The zero-order chi connectivity index (χ0) is 25.8. The first-order chi connectivity index (χ1) is 18.0. The van der Waals surface area contributed by atoms with Gasteiger partial charge in [0.2, 0.25) is 0 Å². The zero-order valence-corrected chi connectivity index (χ0v) is 22.5. The molecule has 0 atom stereocenters. The van der Waals surface area contributed by atoms with Crippen molar-refractivity contribution in [3.63, 3.8) is 0 Å². The number of aromatic nitrogens is 1. The molecule has 0 saturated carbocycles. The van der Waals surface area contributed by atoms with Gasteiger partial charge in [0.25, 0.3) is 0 Å². The number of likely N-dealkylation sites (N-methyl/N-ethyl adjacent to an activating group) is 2. The number of hydrogen-bond acceptors (Lipinski definition) is 6. The molecule has 2 fully saturated rings. The molecule has 5 rings (SSSR count). The summed E-state index contributed by atoms with van der Waals surface area (Å²) in [7, 11) is 4.33. The Kier molecular flexibility index (Phi) is 8.35. The number of fused-ring (bicyclic) bond motifs is 3. The lowest BCUT2D eigenvalue weighted by atomic mass is 10.0. The number of nitrogens with zero attached hydrogens (tertiary/aromatic N) is 4. The van der Waals surface area contributed by atoms with Gasteiger partial charge in [-0.15, -0.1) is 0 Å². The van der Waals surface area contributed by atoms with Crippen molar-refractivity contribution in [2.75, 3.05) is 79.5 Å². The zero-order valence-electron chi connectivity index (χ0n) is 22.5. The van der Waals surface area contributed by atoms with Crippen molar-refractivity contribution in [3.05, 3.63) is 47.5 Å². The number of carbonyl (C=O) groups is 2. The Bertz CT molecular complexity index is 1240. The molecule has 0 aliphatic carbocycles. The molecule has 0 radical (unpaired) electrons. The number of Topliss-reactive ketones (excluding diaryl/α,β-unsaturated/α-hetero) is 2. The molecule has 7 heteroatoms. The van der Waals surface area contributed by atoms with Gasteiger partial charge in [0, 0.05) is 98.1 Å². The maximum Gasteiger partial charge on any atom is 0.162 e. The number of hydrogen-bond donors (Lipinski definition) is 1. The Labute approximate surface area is 220 Å². The summed E-state index contributed by atoms with van der Waals surface area (Å²) in [5, 5.41) is 2.12. The van der Waals surface area contributed by atoms with Gasteiger partial charge in [-0.05, 0) is 64.3 Å². The van der Waals surface area contributed by atoms with E-state index in [9.17, 15) is 9.59 Å². The van der Waals surface area contributed by atoms with Crippen molar-refractivity contribution >= 4 is 33.4 Å². The largest absolute Gasteiger partial charge is 0.354 e. The average Bonchev–Trinajstić information content (AvgIpc) is 3.28. The predicted octanol–water partition coefficient (Wildman–Crippen LogP) is 3.74. The van der Waals surface area contributed by atoms with Gasteiger partial charge in [-0.2, -0.15) is 0 Å². The highest BCUT2D eigenvalue weighted by atomic mass is 16.1. The highest BCUT2D eigenvalue weighted by molar-refractivity contribution is 6.12. The molecule has 3 heterocycles. The summed E-state index contributed by atoms with van der Waals surface area (Å²) in [5.41, 5.74) is 3.50. The molecule has 0 spiro atoms. The van der Waals surface area contributed by atoms with Crippen LogP contribution in [0.4, 0.5) is 0 Å². The fraction of sp³-hybridized carbons (Fsp3) is 0.533. The van der Waals surface area contributed by atoms with E-state index in [1.54, 1.807) is 0 Å². The van der Waals surface area contributed by atoms with Gasteiger partial charge in [0.15, 0.2) is 11.6 Å². The summed E-state index contributed by atoms with van der Waals surface area (Å²) in [5.74, 6) is 0.406. The molecular formula is C30H41N5O2. The van der Waals surface area contributed by atoms with Gasteiger partial charge >= 0.3 is 0 Å². The van der Waals surface area contributed by atoms with Crippen molar-refractivity contribution in [2.24, 2.45) is 0 Å². The Hall–Kier alpha value is -2.58. The van der Waals surface area contributed by atoms with Crippen molar-refractivity contribution in [1.29, 1.82) is 0 Å². The summed E-state index contributed by atoms with van der Waals surface area (Å²) in [6, 6.07) is 11.9. The summed E-state index contributed by atoms with van der Waals surface area (Å²) >= 11 is 0. The molecule has 7 nitrogen and oxygen atoms in total. The van der Waals surface area contributed by atoms with Crippen LogP contribution in [-0.4, -0.2) is 116 Å². The van der Waals surface area contributed by atoms with Gasteiger partial charge in [-0.3, -0.25) is 9.59 Å². The quantitative estimate of drug-likeness (QED) is 0.426. The summed E-state index contributed by atoms with van der Waals surface area (Å²) < 4.78 is 0. The third kappa shape index (κ3) is 6.47. The number of aromatic amines is 1. The maximum absolute atomic E-state index is 12.9. The third-order valence-electron chi connectivity index (χ3n) is 8.19. The molecule has 2 aliphatic rings. The molecule has 37 heavy (non-hydrogen) atoms. The Morgan fingerprint density at radius 3 is 1.73 bits per heavy atom. The highest BCUT2D eigenvalue weighted by Crippen LogP contribution is 2.28. The fourth-order valence-electron chi connectivity index (χ4n) is 5.61. The molecule has 0 bridgehead atoms. The minimum atomic E-state index is 0.200. The van der Waals surface area contributed by atoms with E-state index in [1.807, 2.05) is 36.4 Å². The molecule has 2 aliphatic heterocycles. The topological polar surface area (TPSA) is 62.9 Å². The minimum Gasteiger partial charge on any atom is -0.354 e. The van der Waals surface area contributed by atoms with Gasteiger partial charge < -0.3 is 24.6 Å². The van der Waals surface area contributed by atoms with E-state index in [4.69, 9.17) is 0 Å². The van der Waals surface area contributed by atoms with Crippen molar-refractivity contribution in [1.82, 2.24) is 24.6 Å². The summed E-state index contributed by atoms with van der Waals surface area (Å²) in [6.07, 6.45) is 2.94. The van der Waals surface area contributed by atoms with Crippen molar-refractivity contribution in [3.8, 4) is 0 Å². The predicted molar refractivity (Wildman–Crippen MR) is 151 cm³/mol. The second kappa shape index (κ2) is 11.9. The first-order valence-corrected chi connectivity index (χ1v) is 13.9. The molecule has 1 aromatic heterocycles. The molecule has 2 aromatic carbocycles. The number of ketones is 2. The lowest BCUT2D eigenvalue weighted by Crippen LogP contribution is -2.44. The molecule has 0 unspecified atom stereocenters. The van der Waals surface area contributed by atoms with Gasteiger partial charge in [-0.1, -0.05) is 12.1 Å². The average molecular weight is 504 g/mol. The second-order valence-electron chi connectivity index (χ2n) is 11.0. The van der Waals surface area contributed by atoms with Crippen LogP contribution in [0, 0.1) is 0 Å². The first kappa shape index (κ1) is 26.0. The normalized spacial score (nSPS) is 18.6. The van der Waals surface area contributed by atoms with Crippen LogP contribution < -0.4 is 0 Å². The van der Waals surface area contributed by atoms with Crippen LogP contribution in [-0.2, 0) is 0 Å². The lowest BCUT2D eigenvalue weighted by molar-refractivity contribution is 0.0959. The minimum absolute atomic E-state index is 0.200. The van der Waals surface area contributed by atoms with E-state index in [2.05, 4.69) is 38.7 Å². The van der Waals surface area contributed by atoms with Crippen LogP contribution in [0.15, 0.2) is 36.4 Å². The molecule has 0 amide bonds. The monoisotopic (exact) mass is 503 g/mol. The Balaban J connectivity index is 1.18. The molecule has 198 valence electrons. The van der Waals surface area contributed by atoms with Crippen molar-refractivity contribution < 1.29 is 9.59 Å². The first-order valence-electron chi connectivity index (χ1n) is 13.9. The van der Waals surface area contributed by atoms with E-state index >= 15 is 0 Å². The number of rotatable bonds is 10. The molecule has 3 aromatic rings. The van der Waals surface area contributed by atoms with Crippen LogP contribution in [0.1, 0.15) is 46.4 Å². The van der Waals surface area contributed by atoms with Crippen LogP contribution in [0.5, 0.6) is 0 Å². The third-order valence-corrected chi connectivity index (χ3v) is 8.19. The van der Waals surface area contributed by atoms with E-state index < -0.39 is 0 Å². The Morgan fingerprint density at radius 1 is 0.649 bits per heavy atom. The second-order valence-corrected chi connectivity index (χ2v) is 11.0. The number of carbonyl (C=O) groups excluding carboxylic acids is 2. The molecular weight excluding hydrogens is 462 g/mol. The van der Waals surface area contributed by atoms with Gasteiger partial charge in [-0.25, -0.2) is 0 Å². The van der Waals surface area contributed by atoms with Gasteiger partial charge in [0.05, 0.1) is 0 Å². The number of H-pyrrole nitrogens is 1. The molecule has 2 saturated heterocycles.